The molecular weight excluding hydrogens is 342 g/mol. The van der Waals surface area contributed by atoms with Crippen LogP contribution in [0.15, 0.2) is 48.5 Å². The van der Waals surface area contributed by atoms with Crippen molar-refractivity contribution in [3.05, 3.63) is 65.5 Å². The molecule has 1 N–H and O–H groups in total. The lowest BCUT2D eigenvalue weighted by Gasteiger charge is -2.14. The monoisotopic (exact) mass is 355 g/mol. The van der Waals surface area contributed by atoms with E-state index in [0.717, 1.165) is 30.3 Å². The highest BCUT2D eigenvalue weighted by Gasteiger charge is 2.30. The fourth-order valence-corrected chi connectivity index (χ4v) is 1.89. The molecule has 2 rings (SSSR count). The summed E-state index contributed by atoms with van der Waals surface area (Å²) in [6.45, 7) is 1.26. The SMILES string of the molecule is C[C@@H](OC(=O)c1ccccc1F)C(=O)Nc1ccc(C(F)(F)F)cc1. The molecule has 0 fully saturated rings. The third kappa shape index (κ3) is 4.79. The number of carbonyl (C=O) groups is 2. The predicted octanol–water partition coefficient (Wildman–Crippen LogP) is 4.03. The molecule has 1 atom stereocenters. The molecule has 0 aromatic heterocycles. The number of ether oxygens (including phenoxy) is 1. The number of amides is 1. The van der Waals surface area contributed by atoms with E-state index in [1.807, 2.05) is 0 Å². The second-order valence-electron chi connectivity index (χ2n) is 5.09. The fourth-order valence-electron chi connectivity index (χ4n) is 1.89. The minimum atomic E-state index is -4.48. The average molecular weight is 355 g/mol. The second-order valence-corrected chi connectivity index (χ2v) is 5.09. The number of hydrogen-bond donors (Lipinski definition) is 1. The van der Waals surface area contributed by atoms with Gasteiger partial charge in [0.05, 0.1) is 11.1 Å². The average Bonchev–Trinajstić information content (AvgIpc) is 2.54. The van der Waals surface area contributed by atoms with Gasteiger partial charge < -0.3 is 10.1 Å². The third-order valence-corrected chi connectivity index (χ3v) is 3.23. The molecular formula is C17H13F4NO3. The summed E-state index contributed by atoms with van der Waals surface area (Å²) < 4.78 is 55.8. The van der Waals surface area contributed by atoms with Gasteiger partial charge in [0.2, 0.25) is 0 Å². The standard InChI is InChI=1S/C17H13F4NO3/c1-10(25-16(24)13-4-2-3-5-14(13)18)15(23)22-12-8-6-11(7-9-12)17(19,20)21/h2-10H,1H3,(H,22,23)/t10-/m1/s1. The van der Waals surface area contributed by atoms with Crippen molar-refractivity contribution in [1.29, 1.82) is 0 Å². The van der Waals surface area contributed by atoms with E-state index in [4.69, 9.17) is 4.74 Å². The third-order valence-electron chi connectivity index (χ3n) is 3.23. The number of carbonyl (C=O) groups excluding carboxylic acids is 2. The minimum absolute atomic E-state index is 0.104. The van der Waals surface area contributed by atoms with Gasteiger partial charge in [0.1, 0.15) is 5.82 Å². The Kier molecular flexibility index (Phi) is 5.41. The van der Waals surface area contributed by atoms with Crippen LogP contribution in [-0.4, -0.2) is 18.0 Å². The Balaban J connectivity index is 1.98. The van der Waals surface area contributed by atoms with Crippen LogP contribution in [0.2, 0.25) is 0 Å². The molecule has 0 aliphatic rings. The molecule has 0 aliphatic heterocycles. The minimum Gasteiger partial charge on any atom is -0.449 e. The smallest absolute Gasteiger partial charge is 0.416 e. The number of esters is 1. The van der Waals surface area contributed by atoms with Gasteiger partial charge in [-0.1, -0.05) is 12.1 Å². The van der Waals surface area contributed by atoms with Crippen LogP contribution >= 0.6 is 0 Å². The normalized spacial score (nSPS) is 12.4. The quantitative estimate of drug-likeness (QED) is 0.666. The van der Waals surface area contributed by atoms with Crippen LogP contribution in [0.25, 0.3) is 0 Å². The number of nitrogens with one attached hydrogen (secondary N) is 1. The van der Waals surface area contributed by atoms with Gasteiger partial charge in [-0.15, -0.1) is 0 Å². The van der Waals surface area contributed by atoms with E-state index in [-0.39, 0.29) is 11.3 Å². The van der Waals surface area contributed by atoms with Gasteiger partial charge in [0.25, 0.3) is 5.91 Å². The van der Waals surface area contributed by atoms with Crippen molar-refractivity contribution in [2.24, 2.45) is 0 Å². The van der Waals surface area contributed by atoms with Crippen LogP contribution < -0.4 is 5.32 Å². The lowest BCUT2D eigenvalue weighted by atomic mass is 10.2. The van der Waals surface area contributed by atoms with E-state index >= 15 is 0 Å². The highest BCUT2D eigenvalue weighted by molar-refractivity contribution is 5.97. The van der Waals surface area contributed by atoms with Crippen LogP contribution in [0.3, 0.4) is 0 Å². The summed E-state index contributed by atoms with van der Waals surface area (Å²) in [5.41, 5.74) is -1.08. The zero-order valence-electron chi connectivity index (χ0n) is 12.9. The van der Waals surface area contributed by atoms with E-state index in [0.29, 0.717) is 0 Å². The molecule has 4 nitrogen and oxygen atoms in total. The molecule has 8 heteroatoms. The first-order valence-corrected chi connectivity index (χ1v) is 7.12. The number of hydrogen-bond acceptors (Lipinski definition) is 3. The number of anilines is 1. The van der Waals surface area contributed by atoms with Gasteiger partial charge in [-0.3, -0.25) is 4.79 Å². The molecule has 25 heavy (non-hydrogen) atoms. The Hall–Kier alpha value is -2.90. The largest absolute Gasteiger partial charge is 0.449 e. The van der Waals surface area contributed by atoms with Crippen molar-refractivity contribution < 1.29 is 31.9 Å². The first kappa shape index (κ1) is 18.4. The fraction of sp³-hybridized carbons (Fsp3) is 0.176. The Morgan fingerprint density at radius 1 is 1.04 bits per heavy atom. The van der Waals surface area contributed by atoms with Gasteiger partial charge in [0, 0.05) is 5.69 Å². The van der Waals surface area contributed by atoms with Crippen LogP contribution in [0, 0.1) is 5.82 Å². The Bertz CT molecular complexity index is 772. The predicted molar refractivity (Wildman–Crippen MR) is 81.4 cm³/mol. The van der Waals surface area contributed by atoms with E-state index < -0.39 is 35.5 Å². The van der Waals surface area contributed by atoms with Crippen LogP contribution in [0.1, 0.15) is 22.8 Å². The maximum Gasteiger partial charge on any atom is 0.416 e. The van der Waals surface area contributed by atoms with E-state index in [1.165, 1.54) is 25.1 Å². The van der Waals surface area contributed by atoms with E-state index in [2.05, 4.69) is 5.32 Å². The summed E-state index contributed by atoms with van der Waals surface area (Å²) in [5, 5.41) is 2.31. The highest BCUT2D eigenvalue weighted by Crippen LogP contribution is 2.29. The summed E-state index contributed by atoms with van der Waals surface area (Å²) in [6.07, 6.45) is -5.75. The van der Waals surface area contributed by atoms with Crippen molar-refractivity contribution in [3.8, 4) is 0 Å². The highest BCUT2D eigenvalue weighted by atomic mass is 19.4. The second kappa shape index (κ2) is 7.33. The number of rotatable bonds is 4. The summed E-state index contributed by atoms with van der Waals surface area (Å²) in [7, 11) is 0. The van der Waals surface area contributed by atoms with Crippen LogP contribution in [0.5, 0.6) is 0 Å². The van der Waals surface area contributed by atoms with Crippen molar-refractivity contribution in [3.63, 3.8) is 0 Å². The lowest BCUT2D eigenvalue weighted by Crippen LogP contribution is -2.30. The maximum absolute atomic E-state index is 13.5. The first-order chi connectivity index (χ1) is 11.7. The van der Waals surface area contributed by atoms with Crippen molar-refractivity contribution in [2.45, 2.75) is 19.2 Å². The van der Waals surface area contributed by atoms with Gasteiger partial charge >= 0.3 is 12.1 Å². The Morgan fingerprint density at radius 2 is 1.64 bits per heavy atom. The van der Waals surface area contributed by atoms with Gasteiger partial charge in [-0.2, -0.15) is 13.2 Å². The van der Waals surface area contributed by atoms with Crippen molar-refractivity contribution >= 4 is 17.6 Å². The summed E-state index contributed by atoms with van der Waals surface area (Å²) in [4.78, 5) is 23.8. The molecule has 132 valence electrons. The molecule has 0 saturated heterocycles. The van der Waals surface area contributed by atoms with Crippen molar-refractivity contribution in [1.82, 2.24) is 0 Å². The molecule has 1 amide bonds. The zero-order valence-corrected chi connectivity index (χ0v) is 12.9. The van der Waals surface area contributed by atoms with Crippen LogP contribution in [-0.2, 0) is 15.7 Å². The molecule has 0 aliphatic carbocycles. The van der Waals surface area contributed by atoms with Crippen molar-refractivity contribution in [2.75, 3.05) is 5.32 Å². The van der Waals surface area contributed by atoms with Gasteiger partial charge in [-0.05, 0) is 43.3 Å². The molecule has 2 aromatic rings. The molecule has 0 radical (unpaired) electrons. The number of halogens is 4. The lowest BCUT2D eigenvalue weighted by molar-refractivity contribution is -0.137. The number of benzene rings is 2. The maximum atomic E-state index is 13.5. The summed E-state index contributed by atoms with van der Waals surface area (Å²) in [6, 6.07) is 8.89. The molecule has 0 unspecified atom stereocenters. The first-order valence-electron chi connectivity index (χ1n) is 7.12. The Morgan fingerprint density at radius 3 is 2.20 bits per heavy atom. The molecule has 0 spiro atoms. The Labute approximate surface area is 140 Å². The molecule has 0 heterocycles. The van der Waals surface area contributed by atoms with E-state index in [9.17, 15) is 27.2 Å². The summed E-state index contributed by atoms with van der Waals surface area (Å²) in [5.74, 6) is -2.57. The molecule has 0 saturated carbocycles. The van der Waals surface area contributed by atoms with E-state index in [1.54, 1.807) is 0 Å². The topological polar surface area (TPSA) is 55.4 Å². The summed E-state index contributed by atoms with van der Waals surface area (Å²) >= 11 is 0. The molecule has 0 bridgehead atoms. The molecule has 2 aromatic carbocycles. The van der Waals surface area contributed by atoms with Gasteiger partial charge in [-0.25, -0.2) is 9.18 Å². The van der Waals surface area contributed by atoms with Gasteiger partial charge in [0.15, 0.2) is 6.10 Å². The number of alkyl halides is 3. The van der Waals surface area contributed by atoms with Crippen LogP contribution in [0.4, 0.5) is 23.2 Å². The zero-order chi connectivity index (χ0) is 18.6.